The standard InChI is InChI=1S/C14H21NO2/c1-3-11-5-7-12(8-6-11)9-15-10-13(4-2)14(16)17/h5-8,13,15H,3-4,9-10H2,1-2H3,(H,16,17). The third kappa shape index (κ3) is 4.57. The van der Waals surface area contributed by atoms with E-state index in [4.69, 9.17) is 5.11 Å². The van der Waals surface area contributed by atoms with E-state index in [1.165, 1.54) is 11.1 Å². The number of nitrogens with one attached hydrogen (secondary N) is 1. The third-order valence-corrected chi connectivity index (χ3v) is 2.99. The highest BCUT2D eigenvalue weighted by atomic mass is 16.4. The highest BCUT2D eigenvalue weighted by molar-refractivity contribution is 5.70. The molecule has 0 radical (unpaired) electrons. The summed E-state index contributed by atoms with van der Waals surface area (Å²) in [5, 5.41) is 12.1. The van der Waals surface area contributed by atoms with Gasteiger partial charge in [-0.25, -0.2) is 0 Å². The Labute approximate surface area is 103 Å². The van der Waals surface area contributed by atoms with Gasteiger partial charge in [-0.2, -0.15) is 0 Å². The van der Waals surface area contributed by atoms with Crippen molar-refractivity contribution < 1.29 is 9.90 Å². The first-order chi connectivity index (χ1) is 8.17. The maximum absolute atomic E-state index is 10.8. The molecule has 0 fully saturated rings. The Kier molecular flexibility index (Phi) is 5.70. The lowest BCUT2D eigenvalue weighted by Crippen LogP contribution is -2.27. The Morgan fingerprint density at radius 2 is 1.82 bits per heavy atom. The number of carboxylic acids is 1. The van der Waals surface area contributed by atoms with Crippen molar-refractivity contribution in [1.82, 2.24) is 5.32 Å². The van der Waals surface area contributed by atoms with E-state index in [1.54, 1.807) is 0 Å². The second-order valence-corrected chi connectivity index (χ2v) is 4.24. The Hall–Kier alpha value is -1.35. The van der Waals surface area contributed by atoms with Gasteiger partial charge in [-0.15, -0.1) is 0 Å². The SMILES string of the molecule is CCc1ccc(CNCC(CC)C(=O)O)cc1. The fraction of sp³-hybridized carbons (Fsp3) is 0.500. The van der Waals surface area contributed by atoms with Crippen LogP contribution in [0.15, 0.2) is 24.3 Å². The van der Waals surface area contributed by atoms with Crippen molar-refractivity contribution in [2.45, 2.75) is 33.2 Å². The number of rotatable bonds is 7. The first-order valence-electron chi connectivity index (χ1n) is 6.18. The summed E-state index contributed by atoms with van der Waals surface area (Å²) in [4.78, 5) is 10.8. The number of aliphatic carboxylic acids is 1. The van der Waals surface area contributed by atoms with Crippen LogP contribution in [0.2, 0.25) is 0 Å². The predicted molar refractivity (Wildman–Crippen MR) is 68.9 cm³/mol. The molecule has 1 aromatic carbocycles. The number of benzene rings is 1. The van der Waals surface area contributed by atoms with Gasteiger partial charge in [0.15, 0.2) is 0 Å². The monoisotopic (exact) mass is 235 g/mol. The van der Waals surface area contributed by atoms with Gasteiger partial charge in [-0.1, -0.05) is 38.1 Å². The van der Waals surface area contributed by atoms with Crippen LogP contribution in [0.3, 0.4) is 0 Å². The first-order valence-corrected chi connectivity index (χ1v) is 6.18. The first kappa shape index (κ1) is 13.7. The van der Waals surface area contributed by atoms with Gasteiger partial charge in [0, 0.05) is 13.1 Å². The molecule has 0 heterocycles. The number of carboxylic acid groups (broad SMARTS) is 1. The summed E-state index contributed by atoms with van der Waals surface area (Å²) in [6.45, 7) is 5.29. The summed E-state index contributed by atoms with van der Waals surface area (Å²) < 4.78 is 0. The summed E-state index contributed by atoms with van der Waals surface area (Å²) in [6.07, 6.45) is 1.71. The molecule has 1 unspecified atom stereocenters. The molecule has 0 bridgehead atoms. The fourth-order valence-electron chi connectivity index (χ4n) is 1.69. The van der Waals surface area contributed by atoms with Crippen LogP contribution >= 0.6 is 0 Å². The maximum Gasteiger partial charge on any atom is 0.307 e. The van der Waals surface area contributed by atoms with Crippen LogP contribution in [-0.4, -0.2) is 17.6 Å². The molecule has 0 saturated carbocycles. The summed E-state index contributed by atoms with van der Waals surface area (Å²) in [5.74, 6) is -1.01. The Morgan fingerprint density at radius 3 is 2.29 bits per heavy atom. The minimum absolute atomic E-state index is 0.287. The van der Waals surface area contributed by atoms with Gasteiger partial charge >= 0.3 is 5.97 Å². The van der Waals surface area contributed by atoms with Crippen LogP contribution in [0.4, 0.5) is 0 Å². The van der Waals surface area contributed by atoms with E-state index < -0.39 is 5.97 Å². The molecule has 17 heavy (non-hydrogen) atoms. The Balaban J connectivity index is 2.37. The molecule has 94 valence electrons. The lowest BCUT2D eigenvalue weighted by molar-refractivity contribution is -0.141. The quantitative estimate of drug-likeness (QED) is 0.763. The molecule has 0 aromatic heterocycles. The molecular formula is C14H21NO2. The minimum atomic E-state index is -0.721. The van der Waals surface area contributed by atoms with Crippen molar-refractivity contribution in [3.8, 4) is 0 Å². The normalized spacial score (nSPS) is 12.4. The Bertz CT molecular complexity index is 346. The molecule has 1 atom stereocenters. The number of hydrogen-bond donors (Lipinski definition) is 2. The zero-order valence-electron chi connectivity index (χ0n) is 10.6. The third-order valence-electron chi connectivity index (χ3n) is 2.99. The molecule has 0 aliphatic rings. The molecule has 0 aliphatic heterocycles. The van der Waals surface area contributed by atoms with Gasteiger partial charge in [0.25, 0.3) is 0 Å². The van der Waals surface area contributed by atoms with Crippen LogP contribution in [0.25, 0.3) is 0 Å². The molecule has 0 spiro atoms. The van der Waals surface area contributed by atoms with E-state index in [0.717, 1.165) is 13.0 Å². The highest BCUT2D eigenvalue weighted by Gasteiger charge is 2.13. The van der Waals surface area contributed by atoms with Gasteiger partial charge in [-0.05, 0) is 24.0 Å². The van der Waals surface area contributed by atoms with E-state index in [2.05, 4.69) is 36.5 Å². The van der Waals surface area contributed by atoms with Crippen molar-refractivity contribution in [2.75, 3.05) is 6.54 Å². The van der Waals surface area contributed by atoms with Crippen molar-refractivity contribution in [1.29, 1.82) is 0 Å². The molecular weight excluding hydrogens is 214 g/mol. The van der Waals surface area contributed by atoms with Gasteiger partial charge in [0.2, 0.25) is 0 Å². The van der Waals surface area contributed by atoms with Crippen LogP contribution in [0, 0.1) is 5.92 Å². The molecule has 0 aliphatic carbocycles. The molecule has 3 nitrogen and oxygen atoms in total. The molecule has 0 saturated heterocycles. The van der Waals surface area contributed by atoms with E-state index >= 15 is 0 Å². The molecule has 1 aromatic rings. The highest BCUT2D eigenvalue weighted by Crippen LogP contribution is 2.06. The Morgan fingerprint density at radius 1 is 1.24 bits per heavy atom. The van der Waals surface area contributed by atoms with Crippen LogP contribution in [0.1, 0.15) is 31.4 Å². The summed E-state index contributed by atoms with van der Waals surface area (Å²) in [6, 6.07) is 8.41. The topological polar surface area (TPSA) is 49.3 Å². The maximum atomic E-state index is 10.8. The van der Waals surface area contributed by atoms with Gasteiger partial charge in [0.1, 0.15) is 0 Å². The smallest absolute Gasteiger partial charge is 0.307 e. The lowest BCUT2D eigenvalue weighted by atomic mass is 10.1. The second kappa shape index (κ2) is 7.07. The van der Waals surface area contributed by atoms with Crippen LogP contribution in [0.5, 0.6) is 0 Å². The zero-order chi connectivity index (χ0) is 12.7. The number of hydrogen-bond acceptors (Lipinski definition) is 2. The van der Waals surface area contributed by atoms with Crippen LogP contribution < -0.4 is 5.32 Å². The number of aryl methyl sites for hydroxylation is 1. The number of carbonyl (C=O) groups is 1. The summed E-state index contributed by atoms with van der Waals surface area (Å²) in [5.41, 5.74) is 2.52. The molecule has 3 heteroatoms. The largest absolute Gasteiger partial charge is 0.481 e. The lowest BCUT2D eigenvalue weighted by Gasteiger charge is -2.11. The zero-order valence-corrected chi connectivity index (χ0v) is 10.6. The fourth-order valence-corrected chi connectivity index (χ4v) is 1.69. The molecule has 2 N–H and O–H groups in total. The van der Waals surface area contributed by atoms with Crippen molar-refractivity contribution in [3.63, 3.8) is 0 Å². The molecule has 0 amide bonds. The molecule has 1 rings (SSSR count). The van der Waals surface area contributed by atoms with E-state index in [1.807, 2.05) is 6.92 Å². The van der Waals surface area contributed by atoms with Crippen molar-refractivity contribution in [3.05, 3.63) is 35.4 Å². The summed E-state index contributed by atoms with van der Waals surface area (Å²) in [7, 11) is 0. The second-order valence-electron chi connectivity index (χ2n) is 4.24. The minimum Gasteiger partial charge on any atom is -0.481 e. The van der Waals surface area contributed by atoms with Crippen molar-refractivity contribution >= 4 is 5.97 Å². The average Bonchev–Trinajstić information content (AvgIpc) is 2.35. The van der Waals surface area contributed by atoms with E-state index in [-0.39, 0.29) is 5.92 Å². The van der Waals surface area contributed by atoms with Gasteiger partial charge in [-0.3, -0.25) is 4.79 Å². The van der Waals surface area contributed by atoms with Gasteiger partial charge in [0.05, 0.1) is 5.92 Å². The van der Waals surface area contributed by atoms with Crippen molar-refractivity contribution in [2.24, 2.45) is 5.92 Å². The van der Waals surface area contributed by atoms with Crippen LogP contribution in [-0.2, 0) is 17.8 Å². The average molecular weight is 235 g/mol. The predicted octanol–water partition coefficient (Wildman–Crippen LogP) is 2.45. The van der Waals surface area contributed by atoms with E-state index in [0.29, 0.717) is 13.0 Å². The van der Waals surface area contributed by atoms with Gasteiger partial charge < -0.3 is 10.4 Å². The van der Waals surface area contributed by atoms with E-state index in [9.17, 15) is 4.79 Å². The summed E-state index contributed by atoms with van der Waals surface area (Å²) >= 11 is 0.